The van der Waals surface area contributed by atoms with E-state index in [0.29, 0.717) is 30.8 Å². The maximum atomic E-state index is 13.9. The number of hydrogen-bond acceptors (Lipinski definition) is 5. The summed E-state index contributed by atoms with van der Waals surface area (Å²) in [4.78, 5) is 21.2. The van der Waals surface area contributed by atoms with Crippen molar-refractivity contribution in [3.05, 3.63) is 71.7 Å². The molecule has 1 saturated heterocycles. The summed E-state index contributed by atoms with van der Waals surface area (Å²) >= 11 is 0. The van der Waals surface area contributed by atoms with Crippen molar-refractivity contribution in [1.82, 2.24) is 14.8 Å². The van der Waals surface area contributed by atoms with Crippen molar-refractivity contribution in [3.63, 3.8) is 0 Å². The Hall–Kier alpha value is -3.03. The van der Waals surface area contributed by atoms with E-state index in [2.05, 4.69) is 9.88 Å². The van der Waals surface area contributed by atoms with Crippen molar-refractivity contribution in [1.29, 1.82) is 0 Å². The van der Waals surface area contributed by atoms with Crippen LogP contribution in [0.15, 0.2) is 54.7 Å². The number of benzene rings is 2. The van der Waals surface area contributed by atoms with E-state index < -0.39 is 0 Å². The third-order valence-electron chi connectivity index (χ3n) is 6.06. The van der Waals surface area contributed by atoms with Gasteiger partial charge in [-0.3, -0.25) is 14.7 Å². The highest BCUT2D eigenvalue weighted by molar-refractivity contribution is 5.88. The van der Waals surface area contributed by atoms with Gasteiger partial charge in [-0.05, 0) is 54.8 Å². The molecular weight excluding hydrogens is 409 g/mol. The van der Waals surface area contributed by atoms with Gasteiger partial charge in [-0.25, -0.2) is 4.39 Å². The molecule has 32 heavy (non-hydrogen) atoms. The van der Waals surface area contributed by atoms with Crippen LogP contribution in [0, 0.1) is 12.7 Å². The van der Waals surface area contributed by atoms with E-state index in [1.54, 1.807) is 24.2 Å². The highest BCUT2D eigenvalue weighted by atomic mass is 19.1. The fraction of sp³-hybridized carbons (Fsp3) is 0.360. The van der Waals surface area contributed by atoms with Crippen molar-refractivity contribution in [3.8, 4) is 5.75 Å². The number of aliphatic hydroxyl groups is 1. The van der Waals surface area contributed by atoms with E-state index in [1.807, 2.05) is 37.3 Å². The molecule has 2 heterocycles. The molecular formula is C25H28FN3O3. The van der Waals surface area contributed by atoms with E-state index in [9.17, 15) is 14.3 Å². The number of rotatable bonds is 7. The molecule has 0 aliphatic carbocycles. The Bertz CT molecular complexity index is 1110. The Kier molecular flexibility index (Phi) is 6.67. The summed E-state index contributed by atoms with van der Waals surface area (Å²) < 4.78 is 19.8. The van der Waals surface area contributed by atoms with Crippen LogP contribution in [0.4, 0.5) is 4.39 Å². The predicted octanol–water partition coefficient (Wildman–Crippen LogP) is 3.33. The van der Waals surface area contributed by atoms with Crippen LogP contribution < -0.4 is 4.74 Å². The number of pyridine rings is 1. The molecule has 1 aliphatic heterocycles. The number of hydrogen-bond donors (Lipinski definition) is 1. The normalized spacial score (nSPS) is 17.4. The van der Waals surface area contributed by atoms with Gasteiger partial charge in [-0.15, -0.1) is 0 Å². The van der Waals surface area contributed by atoms with Gasteiger partial charge in [0.1, 0.15) is 11.6 Å². The first-order valence-electron chi connectivity index (χ1n) is 10.8. The van der Waals surface area contributed by atoms with Crippen LogP contribution in [0.3, 0.4) is 0 Å². The molecule has 1 amide bonds. The van der Waals surface area contributed by atoms with E-state index in [1.165, 1.54) is 12.1 Å². The molecule has 0 saturated carbocycles. The van der Waals surface area contributed by atoms with Gasteiger partial charge in [0.15, 0.2) is 6.61 Å². The average molecular weight is 438 g/mol. The van der Waals surface area contributed by atoms with Crippen LogP contribution >= 0.6 is 0 Å². The van der Waals surface area contributed by atoms with E-state index in [-0.39, 0.29) is 30.5 Å². The number of aryl methyl sites for hydroxylation is 1. The second-order valence-electron chi connectivity index (χ2n) is 8.35. The first-order valence-corrected chi connectivity index (χ1v) is 10.8. The van der Waals surface area contributed by atoms with Crippen LogP contribution in [-0.4, -0.2) is 65.2 Å². The molecule has 1 unspecified atom stereocenters. The number of β-amino-alcohol motifs (C(OH)–C–C–N with tert-alkyl or cyclic N) is 1. The van der Waals surface area contributed by atoms with Gasteiger partial charge < -0.3 is 14.7 Å². The standard InChI is InChI=1S/C25H28FN3O3/c1-17-8-9-23(21-7-4-11-27-25(17)21)32-16-24(31)28(2)22(15-29-12-10-20(30)14-29)18-5-3-6-19(26)13-18/h3-9,11,13,20,22,30H,10,12,14-16H2,1-2H3/t20-,22?/m0/s1. The van der Waals surface area contributed by atoms with Crippen molar-refractivity contribution < 1.29 is 19.0 Å². The number of nitrogens with zero attached hydrogens (tertiary/aromatic N) is 3. The Balaban J connectivity index is 1.51. The summed E-state index contributed by atoms with van der Waals surface area (Å²) in [6.45, 7) is 3.65. The molecule has 1 fully saturated rings. The number of carbonyl (C=O) groups excluding carboxylic acids is 1. The fourth-order valence-corrected chi connectivity index (χ4v) is 4.22. The topological polar surface area (TPSA) is 65.9 Å². The third kappa shape index (κ3) is 4.89. The molecule has 7 heteroatoms. The second kappa shape index (κ2) is 9.63. The van der Waals surface area contributed by atoms with Gasteiger partial charge in [0.05, 0.1) is 17.7 Å². The number of aromatic nitrogens is 1. The minimum absolute atomic E-state index is 0.141. The molecule has 2 atom stereocenters. The quantitative estimate of drug-likeness (QED) is 0.614. The lowest BCUT2D eigenvalue weighted by atomic mass is 10.0. The molecule has 3 aromatic rings. The lowest BCUT2D eigenvalue weighted by molar-refractivity contribution is -0.134. The maximum absolute atomic E-state index is 13.9. The molecule has 168 valence electrons. The highest BCUT2D eigenvalue weighted by Gasteiger charge is 2.28. The first-order chi connectivity index (χ1) is 15.4. The van der Waals surface area contributed by atoms with Gasteiger partial charge in [-0.1, -0.05) is 18.2 Å². The number of ether oxygens (including phenoxy) is 1. The first kappa shape index (κ1) is 22.2. The Morgan fingerprint density at radius 1 is 1.31 bits per heavy atom. The molecule has 1 aliphatic rings. The van der Waals surface area contributed by atoms with Crippen molar-refractivity contribution in [2.75, 3.05) is 33.3 Å². The monoisotopic (exact) mass is 437 g/mol. The van der Waals surface area contributed by atoms with Crippen LogP contribution in [0.2, 0.25) is 0 Å². The molecule has 2 aromatic carbocycles. The molecule has 1 aromatic heterocycles. The summed E-state index contributed by atoms with van der Waals surface area (Å²) in [5.74, 6) is 0.0479. The number of fused-ring (bicyclic) bond motifs is 1. The summed E-state index contributed by atoms with van der Waals surface area (Å²) in [7, 11) is 1.71. The average Bonchev–Trinajstić information content (AvgIpc) is 3.21. The van der Waals surface area contributed by atoms with Crippen molar-refractivity contribution >= 4 is 16.8 Å². The van der Waals surface area contributed by atoms with Crippen LogP contribution in [0.5, 0.6) is 5.75 Å². The number of aliphatic hydroxyl groups excluding tert-OH is 1. The zero-order chi connectivity index (χ0) is 22.7. The SMILES string of the molecule is Cc1ccc(OCC(=O)N(C)C(CN2CC[C@H](O)C2)c2cccc(F)c2)c2cccnc12. The number of amides is 1. The molecule has 0 radical (unpaired) electrons. The van der Waals surface area contributed by atoms with Gasteiger partial charge in [-0.2, -0.15) is 0 Å². The summed E-state index contributed by atoms with van der Waals surface area (Å²) in [5, 5.41) is 10.7. The summed E-state index contributed by atoms with van der Waals surface area (Å²) in [6, 6.07) is 13.5. The van der Waals surface area contributed by atoms with Crippen molar-refractivity contribution in [2.24, 2.45) is 0 Å². The lowest BCUT2D eigenvalue weighted by Crippen LogP contribution is -2.41. The lowest BCUT2D eigenvalue weighted by Gasteiger charge is -2.32. The van der Waals surface area contributed by atoms with Gasteiger partial charge in [0.25, 0.3) is 5.91 Å². The Morgan fingerprint density at radius 2 is 2.16 bits per heavy atom. The maximum Gasteiger partial charge on any atom is 0.260 e. The van der Waals surface area contributed by atoms with Gasteiger partial charge in [0, 0.05) is 38.3 Å². The third-order valence-corrected chi connectivity index (χ3v) is 6.06. The highest BCUT2D eigenvalue weighted by Crippen LogP contribution is 2.28. The zero-order valence-corrected chi connectivity index (χ0v) is 18.4. The minimum Gasteiger partial charge on any atom is -0.483 e. The predicted molar refractivity (Wildman–Crippen MR) is 121 cm³/mol. The molecule has 6 nitrogen and oxygen atoms in total. The Morgan fingerprint density at radius 3 is 2.91 bits per heavy atom. The largest absolute Gasteiger partial charge is 0.483 e. The van der Waals surface area contributed by atoms with Gasteiger partial charge >= 0.3 is 0 Å². The number of carbonyl (C=O) groups is 1. The Labute approximate surface area is 187 Å². The summed E-state index contributed by atoms with van der Waals surface area (Å²) in [6.07, 6.45) is 2.07. The fourth-order valence-electron chi connectivity index (χ4n) is 4.22. The molecule has 0 spiro atoms. The van der Waals surface area contributed by atoms with E-state index in [0.717, 1.165) is 23.0 Å². The smallest absolute Gasteiger partial charge is 0.260 e. The number of likely N-dealkylation sites (tertiary alicyclic amines) is 1. The van der Waals surface area contributed by atoms with E-state index in [4.69, 9.17) is 4.74 Å². The molecule has 1 N–H and O–H groups in total. The number of halogens is 1. The van der Waals surface area contributed by atoms with E-state index >= 15 is 0 Å². The van der Waals surface area contributed by atoms with Crippen molar-refractivity contribution in [2.45, 2.75) is 25.5 Å². The second-order valence-corrected chi connectivity index (χ2v) is 8.35. The number of likely N-dealkylation sites (N-methyl/N-ethyl adjacent to an activating group) is 1. The van der Waals surface area contributed by atoms with Crippen LogP contribution in [-0.2, 0) is 4.79 Å². The van der Waals surface area contributed by atoms with Crippen LogP contribution in [0.25, 0.3) is 10.9 Å². The van der Waals surface area contributed by atoms with Gasteiger partial charge in [0.2, 0.25) is 0 Å². The summed E-state index contributed by atoms with van der Waals surface area (Å²) in [5.41, 5.74) is 2.60. The van der Waals surface area contributed by atoms with Crippen LogP contribution in [0.1, 0.15) is 23.6 Å². The zero-order valence-electron chi connectivity index (χ0n) is 18.4. The minimum atomic E-state index is -0.365. The molecule has 4 rings (SSSR count). The molecule has 0 bridgehead atoms.